The fourth-order valence-electron chi connectivity index (χ4n) is 2.35. The summed E-state index contributed by atoms with van der Waals surface area (Å²) in [5, 5.41) is 10.6. The van der Waals surface area contributed by atoms with Gasteiger partial charge in [-0.25, -0.2) is 4.39 Å². The number of halogens is 1. The Hall–Kier alpha value is -1.42. The SMILES string of the molecule is CCCC(C(=O)OCC)C(C)(O)Cc1ccc(F)cc1. The summed E-state index contributed by atoms with van der Waals surface area (Å²) in [5.41, 5.74) is -0.415. The van der Waals surface area contributed by atoms with E-state index in [1.165, 1.54) is 12.1 Å². The van der Waals surface area contributed by atoms with Crippen LogP contribution in [0.1, 0.15) is 39.2 Å². The zero-order chi connectivity index (χ0) is 15.2. The summed E-state index contributed by atoms with van der Waals surface area (Å²) >= 11 is 0. The number of benzene rings is 1. The summed E-state index contributed by atoms with van der Waals surface area (Å²) in [6.07, 6.45) is 1.63. The molecule has 0 aromatic heterocycles. The van der Waals surface area contributed by atoms with Gasteiger partial charge in [0.15, 0.2) is 0 Å². The number of carbonyl (C=O) groups is 1. The molecule has 0 aliphatic carbocycles. The molecule has 2 atom stereocenters. The van der Waals surface area contributed by atoms with E-state index in [0.29, 0.717) is 13.0 Å². The molecule has 4 heteroatoms. The van der Waals surface area contributed by atoms with Crippen molar-refractivity contribution in [2.24, 2.45) is 5.92 Å². The molecule has 0 amide bonds. The first kappa shape index (κ1) is 16.6. The number of rotatable bonds is 7. The molecular weight excluding hydrogens is 259 g/mol. The van der Waals surface area contributed by atoms with Gasteiger partial charge in [0.25, 0.3) is 0 Å². The number of aliphatic hydroxyl groups is 1. The molecule has 1 aromatic carbocycles. The summed E-state index contributed by atoms with van der Waals surface area (Å²) < 4.78 is 17.9. The van der Waals surface area contributed by atoms with Gasteiger partial charge in [0.05, 0.1) is 18.1 Å². The zero-order valence-electron chi connectivity index (χ0n) is 12.4. The molecule has 2 unspecified atom stereocenters. The fraction of sp³-hybridized carbons (Fsp3) is 0.562. The smallest absolute Gasteiger partial charge is 0.311 e. The van der Waals surface area contributed by atoms with Gasteiger partial charge in [-0.1, -0.05) is 25.5 Å². The highest BCUT2D eigenvalue weighted by Crippen LogP contribution is 2.27. The first-order valence-corrected chi connectivity index (χ1v) is 7.04. The van der Waals surface area contributed by atoms with Crippen molar-refractivity contribution in [1.29, 1.82) is 0 Å². The summed E-state index contributed by atoms with van der Waals surface area (Å²) in [4.78, 5) is 12.0. The van der Waals surface area contributed by atoms with E-state index in [9.17, 15) is 14.3 Å². The largest absolute Gasteiger partial charge is 0.466 e. The minimum atomic E-state index is -1.21. The highest BCUT2D eigenvalue weighted by atomic mass is 19.1. The molecule has 3 nitrogen and oxygen atoms in total. The summed E-state index contributed by atoms with van der Waals surface area (Å²) in [6.45, 7) is 5.63. The maximum absolute atomic E-state index is 12.9. The van der Waals surface area contributed by atoms with E-state index >= 15 is 0 Å². The van der Waals surface area contributed by atoms with Crippen LogP contribution in [0, 0.1) is 11.7 Å². The van der Waals surface area contributed by atoms with Gasteiger partial charge in [-0.15, -0.1) is 0 Å². The second-order valence-electron chi connectivity index (χ2n) is 5.25. The minimum absolute atomic E-state index is 0.288. The standard InChI is InChI=1S/C16H23FO3/c1-4-6-14(15(18)20-5-2)16(3,19)11-12-7-9-13(17)10-8-12/h7-10,14,19H,4-6,11H2,1-3H3. The van der Waals surface area contributed by atoms with Crippen LogP contribution in [0.15, 0.2) is 24.3 Å². The summed E-state index contributed by atoms with van der Waals surface area (Å²) in [5.74, 6) is -1.26. The Balaban J connectivity index is 2.86. The van der Waals surface area contributed by atoms with E-state index in [-0.39, 0.29) is 18.2 Å². The number of hydrogen-bond acceptors (Lipinski definition) is 3. The predicted molar refractivity (Wildman–Crippen MR) is 75.8 cm³/mol. The average Bonchev–Trinajstić information content (AvgIpc) is 2.38. The molecule has 0 fully saturated rings. The van der Waals surface area contributed by atoms with E-state index in [0.717, 1.165) is 12.0 Å². The molecule has 20 heavy (non-hydrogen) atoms. The van der Waals surface area contributed by atoms with E-state index in [4.69, 9.17) is 4.74 Å². The number of carbonyl (C=O) groups excluding carboxylic acids is 1. The van der Waals surface area contributed by atoms with Gasteiger partial charge in [-0.3, -0.25) is 4.79 Å². The molecule has 0 heterocycles. The van der Waals surface area contributed by atoms with Crippen LogP contribution in [0.25, 0.3) is 0 Å². The van der Waals surface area contributed by atoms with Crippen LogP contribution >= 0.6 is 0 Å². The Labute approximate surface area is 119 Å². The molecule has 0 radical (unpaired) electrons. The van der Waals surface area contributed by atoms with Crippen molar-refractivity contribution in [3.63, 3.8) is 0 Å². The summed E-state index contributed by atoms with van der Waals surface area (Å²) in [6, 6.07) is 5.95. The molecule has 0 bridgehead atoms. The van der Waals surface area contributed by atoms with Gasteiger partial charge < -0.3 is 9.84 Å². The van der Waals surface area contributed by atoms with Gasteiger partial charge >= 0.3 is 5.97 Å². The highest BCUT2D eigenvalue weighted by molar-refractivity contribution is 5.73. The lowest BCUT2D eigenvalue weighted by Crippen LogP contribution is -2.42. The van der Waals surface area contributed by atoms with Gasteiger partial charge in [0.1, 0.15) is 5.82 Å². The summed E-state index contributed by atoms with van der Waals surface area (Å²) in [7, 11) is 0. The quantitative estimate of drug-likeness (QED) is 0.782. The molecule has 0 aliphatic rings. The fourth-order valence-corrected chi connectivity index (χ4v) is 2.35. The van der Waals surface area contributed by atoms with Crippen molar-refractivity contribution < 1.29 is 19.0 Å². The minimum Gasteiger partial charge on any atom is -0.466 e. The van der Waals surface area contributed by atoms with Crippen LogP contribution in [0.4, 0.5) is 4.39 Å². The van der Waals surface area contributed by atoms with Crippen LogP contribution in [0.2, 0.25) is 0 Å². The highest BCUT2D eigenvalue weighted by Gasteiger charge is 2.37. The molecular formula is C16H23FO3. The maximum Gasteiger partial charge on any atom is 0.311 e. The molecule has 0 aliphatic heterocycles. The van der Waals surface area contributed by atoms with Crippen LogP contribution < -0.4 is 0 Å². The average molecular weight is 282 g/mol. The van der Waals surface area contributed by atoms with Gasteiger partial charge in [0, 0.05) is 6.42 Å². The molecule has 112 valence electrons. The number of ether oxygens (including phenoxy) is 1. The van der Waals surface area contributed by atoms with E-state index in [1.54, 1.807) is 26.0 Å². The van der Waals surface area contributed by atoms with Crippen molar-refractivity contribution in [1.82, 2.24) is 0 Å². The second-order valence-corrected chi connectivity index (χ2v) is 5.25. The number of hydrogen-bond donors (Lipinski definition) is 1. The Morgan fingerprint density at radius 3 is 2.45 bits per heavy atom. The molecule has 0 saturated carbocycles. The van der Waals surface area contributed by atoms with Crippen molar-refractivity contribution >= 4 is 5.97 Å². The van der Waals surface area contributed by atoms with Gasteiger partial charge in [0.2, 0.25) is 0 Å². The van der Waals surface area contributed by atoms with Gasteiger partial charge in [-0.2, -0.15) is 0 Å². The topological polar surface area (TPSA) is 46.5 Å². The Kier molecular flexibility index (Phi) is 6.14. The first-order valence-electron chi connectivity index (χ1n) is 7.04. The molecule has 1 rings (SSSR count). The predicted octanol–water partition coefficient (Wildman–Crippen LogP) is 3.10. The molecule has 1 N–H and O–H groups in total. The Morgan fingerprint density at radius 1 is 1.35 bits per heavy atom. The normalized spacial score (nSPS) is 15.4. The third-order valence-corrected chi connectivity index (χ3v) is 3.37. The monoisotopic (exact) mass is 282 g/mol. The number of esters is 1. The van der Waals surface area contributed by atoms with Crippen molar-refractivity contribution in [2.45, 2.75) is 45.6 Å². The maximum atomic E-state index is 12.9. The second kappa shape index (κ2) is 7.39. The third kappa shape index (κ3) is 4.60. The van der Waals surface area contributed by atoms with Gasteiger partial charge in [-0.05, 0) is 38.0 Å². The Bertz CT molecular complexity index is 426. The van der Waals surface area contributed by atoms with Crippen LogP contribution in [-0.4, -0.2) is 23.3 Å². The molecule has 0 saturated heterocycles. The Morgan fingerprint density at radius 2 is 1.95 bits per heavy atom. The molecule has 0 spiro atoms. The zero-order valence-corrected chi connectivity index (χ0v) is 12.4. The lowest BCUT2D eigenvalue weighted by atomic mass is 9.81. The third-order valence-electron chi connectivity index (χ3n) is 3.37. The van der Waals surface area contributed by atoms with E-state index in [1.807, 2.05) is 6.92 Å². The van der Waals surface area contributed by atoms with Crippen LogP contribution in [0.5, 0.6) is 0 Å². The lowest BCUT2D eigenvalue weighted by Gasteiger charge is -2.31. The van der Waals surface area contributed by atoms with Crippen LogP contribution in [-0.2, 0) is 16.0 Å². The van der Waals surface area contributed by atoms with E-state index in [2.05, 4.69) is 0 Å². The molecule has 1 aromatic rings. The lowest BCUT2D eigenvalue weighted by molar-refractivity contribution is -0.157. The van der Waals surface area contributed by atoms with Crippen molar-refractivity contribution in [3.8, 4) is 0 Å². The van der Waals surface area contributed by atoms with Crippen molar-refractivity contribution in [2.75, 3.05) is 6.61 Å². The van der Waals surface area contributed by atoms with E-state index < -0.39 is 11.5 Å². The first-order chi connectivity index (χ1) is 9.40. The van der Waals surface area contributed by atoms with Crippen molar-refractivity contribution in [3.05, 3.63) is 35.6 Å². The van der Waals surface area contributed by atoms with Crippen LogP contribution in [0.3, 0.4) is 0 Å².